The van der Waals surface area contributed by atoms with Crippen molar-refractivity contribution in [3.8, 4) is 34.0 Å². The molecule has 13 heteroatoms. The van der Waals surface area contributed by atoms with E-state index in [0.717, 1.165) is 75.4 Å². The second-order valence-electron chi connectivity index (χ2n) is 12.5. The smallest absolute Gasteiger partial charge is 0.300 e. The van der Waals surface area contributed by atoms with Gasteiger partial charge in [-0.25, -0.2) is 4.98 Å². The number of rotatable bonds is 2. The van der Waals surface area contributed by atoms with Crippen LogP contribution in [0.25, 0.3) is 55.1 Å². The third-order valence-corrected chi connectivity index (χ3v) is 10.6. The van der Waals surface area contributed by atoms with E-state index in [9.17, 15) is 19.5 Å². The van der Waals surface area contributed by atoms with E-state index in [1.165, 1.54) is 22.9 Å². The molecule has 0 amide bonds. The van der Waals surface area contributed by atoms with Crippen LogP contribution in [0.5, 0.6) is 11.5 Å². The Kier molecular flexibility index (Phi) is 14.2. The highest BCUT2D eigenvalue weighted by Crippen LogP contribution is 2.38. The van der Waals surface area contributed by atoms with Crippen LogP contribution in [0.4, 0.5) is 0 Å². The van der Waals surface area contributed by atoms with E-state index in [0.29, 0.717) is 16.7 Å². The molecule has 0 atom stereocenters. The molecule has 0 fully saturated rings. The minimum absolute atomic E-state index is 0. The number of aldehydes is 1. The van der Waals surface area contributed by atoms with Gasteiger partial charge in [0.05, 0.1) is 11.0 Å². The topological polar surface area (TPSA) is 158 Å². The summed E-state index contributed by atoms with van der Waals surface area (Å²) in [6.07, 6.45) is 0.736. The molecular formula is C45H32Br4N2O7. The average Bonchev–Trinajstić information content (AvgIpc) is 3.64. The molecule has 58 heavy (non-hydrogen) atoms. The van der Waals surface area contributed by atoms with Gasteiger partial charge in [0, 0.05) is 57.8 Å². The third kappa shape index (κ3) is 9.79. The van der Waals surface area contributed by atoms with Crippen LogP contribution in [0.1, 0.15) is 45.4 Å². The Balaban J connectivity index is 0.000000173. The Morgan fingerprint density at radius 3 is 1.48 bits per heavy atom. The summed E-state index contributed by atoms with van der Waals surface area (Å²) >= 11 is 13.8. The number of hydrogen-bond acceptors (Lipinski definition) is 7. The number of phenolic OH excluding ortho intramolecular Hbond substituents is 2. The second-order valence-corrected chi connectivity index (χ2v) is 16.2. The van der Waals surface area contributed by atoms with Crippen LogP contribution in [0.3, 0.4) is 0 Å². The van der Waals surface area contributed by atoms with Gasteiger partial charge < -0.3 is 20.3 Å². The zero-order valence-electron chi connectivity index (χ0n) is 29.6. The summed E-state index contributed by atoms with van der Waals surface area (Å²) in [6.45, 7) is 1.08. The lowest BCUT2D eigenvalue weighted by atomic mass is 9.84. The normalized spacial score (nSPS) is 11.1. The highest BCUT2D eigenvalue weighted by molar-refractivity contribution is 9.11. The Labute approximate surface area is 366 Å². The molecule has 0 unspecified atom stereocenters. The lowest BCUT2D eigenvalue weighted by Gasteiger charge is -2.18. The fourth-order valence-corrected chi connectivity index (χ4v) is 7.54. The number of ketones is 2. The molecule has 9 nitrogen and oxygen atoms in total. The summed E-state index contributed by atoms with van der Waals surface area (Å²) in [7, 11) is 0. The van der Waals surface area contributed by atoms with Gasteiger partial charge in [0.25, 0.3) is 5.97 Å². The monoisotopic (exact) mass is 1030 g/mol. The van der Waals surface area contributed by atoms with Crippen LogP contribution in [-0.4, -0.2) is 49.1 Å². The van der Waals surface area contributed by atoms with Gasteiger partial charge >= 0.3 is 0 Å². The number of Topliss-reactive ketones (excluding diaryl/α,β-unsaturated/α-hetero) is 2. The molecule has 292 valence electrons. The van der Waals surface area contributed by atoms with Gasteiger partial charge in [-0.3, -0.25) is 19.2 Å². The Hall–Kier alpha value is -5.47. The first kappa shape index (κ1) is 43.6. The molecule has 8 aromatic rings. The number of carboxylic acid groups (broad SMARTS) is 1. The number of carboxylic acids is 1. The van der Waals surface area contributed by atoms with Crippen molar-refractivity contribution in [3.63, 3.8) is 0 Å². The second kappa shape index (κ2) is 18.9. The van der Waals surface area contributed by atoms with Crippen molar-refractivity contribution in [2.24, 2.45) is 0 Å². The van der Waals surface area contributed by atoms with Gasteiger partial charge in [0.15, 0.2) is 0 Å². The lowest BCUT2D eigenvalue weighted by Crippen LogP contribution is -2.21. The first-order chi connectivity index (χ1) is 27.2. The quantitative estimate of drug-likeness (QED) is 0.0757. The van der Waals surface area contributed by atoms with Crippen LogP contribution < -0.4 is 0 Å². The van der Waals surface area contributed by atoms with Crippen molar-refractivity contribution >= 4 is 120 Å². The fraction of sp³-hybridized carbons (Fsp3) is 0.0444. The maximum Gasteiger partial charge on any atom is 0.300 e. The molecule has 0 saturated heterocycles. The number of benzene rings is 7. The van der Waals surface area contributed by atoms with Gasteiger partial charge in [-0.05, 0) is 119 Å². The zero-order valence-corrected chi connectivity index (χ0v) is 35.9. The zero-order chi connectivity index (χ0) is 41.0. The third-order valence-electron chi connectivity index (χ3n) is 8.60. The Morgan fingerprint density at radius 1 is 0.586 bits per heavy atom. The van der Waals surface area contributed by atoms with Crippen LogP contribution in [0, 0.1) is 0 Å². The van der Waals surface area contributed by atoms with Gasteiger partial charge in [-0.1, -0.05) is 95.4 Å². The largest absolute Gasteiger partial charge is 0.508 e. The molecule has 4 N–H and O–H groups in total. The first-order valence-corrected chi connectivity index (χ1v) is 20.0. The summed E-state index contributed by atoms with van der Waals surface area (Å²) < 4.78 is 3.64. The number of H-pyrrole nitrogens is 1. The number of carbonyl (C=O) groups is 4. The summed E-state index contributed by atoms with van der Waals surface area (Å²) in [5.41, 5.74) is 6.01. The number of aromatic hydroxyl groups is 2. The van der Waals surface area contributed by atoms with Crippen molar-refractivity contribution < 1.29 is 34.5 Å². The summed E-state index contributed by atoms with van der Waals surface area (Å²) in [5, 5.41) is 30.3. The number of fused-ring (bicyclic) bond motifs is 9. The van der Waals surface area contributed by atoms with Gasteiger partial charge in [-0.15, -0.1) is 0 Å². The molecule has 0 aliphatic heterocycles. The van der Waals surface area contributed by atoms with Crippen LogP contribution in [0.2, 0.25) is 0 Å². The van der Waals surface area contributed by atoms with Gasteiger partial charge in [0.2, 0.25) is 11.6 Å². The van der Waals surface area contributed by atoms with E-state index in [1.807, 2.05) is 36.4 Å². The van der Waals surface area contributed by atoms with Crippen molar-refractivity contribution in [1.29, 1.82) is 0 Å². The van der Waals surface area contributed by atoms with E-state index in [1.54, 1.807) is 36.4 Å². The van der Waals surface area contributed by atoms with Crippen LogP contribution in [0.15, 0.2) is 139 Å². The van der Waals surface area contributed by atoms with Gasteiger partial charge in [0.1, 0.15) is 23.6 Å². The molecule has 7 aromatic carbocycles. The number of carbonyl (C=O) groups excluding carboxylic acids is 3. The number of hydrogen-bond donors (Lipinski definition) is 4. The summed E-state index contributed by atoms with van der Waals surface area (Å²) in [4.78, 5) is 51.5. The molecule has 1 aliphatic rings. The van der Waals surface area contributed by atoms with Crippen molar-refractivity contribution in [1.82, 2.24) is 9.97 Å². The molecule has 0 bridgehead atoms. The number of aromatic amines is 1. The first-order valence-electron chi connectivity index (χ1n) is 16.9. The van der Waals surface area contributed by atoms with E-state index in [4.69, 9.17) is 20.0 Å². The number of imidazole rings is 1. The number of nitrogens with zero attached hydrogens (tertiary/aromatic N) is 1. The molecule has 1 heterocycles. The molecule has 1 aromatic heterocycles. The Morgan fingerprint density at radius 2 is 1.00 bits per heavy atom. The number of halogens is 4. The molecular weight excluding hydrogens is 1000 g/mol. The highest BCUT2D eigenvalue weighted by atomic mass is 79.9. The number of phenols is 2. The Bertz CT molecular complexity index is 2710. The van der Waals surface area contributed by atoms with E-state index in [-0.39, 0.29) is 18.9 Å². The van der Waals surface area contributed by atoms with Gasteiger partial charge in [-0.2, -0.15) is 0 Å². The summed E-state index contributed by atoms with van der Waals surface area (Å²) in [5.74, 6) is -0.517. The maximum atomic E-state index is 12.1. The average molecular weight is 1030 g/mol. The fourth-order valence-electron chi connectivity index (χ4n) is 6.10. The lowest BCUT2D eigenvalue weighted by molar-refractivity contribution is -0.134. The molecule has 0 saturated carbocycles. The maximum absolute atomic E-state index is 12.1. The minimum atomic E-state index is -0.833. The van der Waals surface area contributed by atoms with Crippen molar-refractivity contribution in [2.75, 3.05) is 0 Å². The number of aliphatic carboxylic acids is 1. The van der Waals surface area contributed by atoms with E-state index >= 15 is 0 Å². The van der Waals surface area contributed by atoms with E-state index in [2.05, 4.69) is 105 Å². The molecule has 0 spiro atoms. The highest BCUT2D eigenvalue weighted by Gasteiger charge is 2.30. The predicted octanol–water partition coefficient (Wildman–Crippen LogP) is 13.0. The minimum Gasteiger partial charge on any atom is -0.508 e. The van der Waals surface area contributed by atoms with E-state index < -0.39 is 17.5 Å². The number of nitrogens with one attached hydrogen (secondary N) is 1. The van der Waals surface area contributed by atoms with Crippen LogP contribution in [-0.2, 0) is 4.79 Å². The molecule has 1 aliphatic carbocycles. The van der Waals surface area contributed by atoms with Crippen LogP contribution >= 0.6 is 63.7 Å². The predicted molar refractivity (Wildman–Crippen MR) is 243 cm³/mol. The SMILES string of the molecule is C.CC(=O)O.O=C1C(=O)c2cc(Br)ccc2-c2ccc(Br)cc21.O=Cc1ccc(O)cc1.Oc1ccc(-c2nc3c4cc(Br)ccc4c4ccc(Br)cc4c3[nH]2)cc1. The van der Waals surface area contributed by atoms with Crippen molar-refractivity contribution in [3.05, 3.63) is 156 Å². The summed E-state index contributed by atoms with van der Waals surface area (Å²) in [6, 6.07) is 36.6. The molecule has 9 rings (SSSR count). The number of aromatic nitrogens is 2. The van der Waals surface area contributed by atoms with Crippen molar-refractivity contribution in [2.45, 2.75) is 14.4 Å². The standard InChI is InChI=1S/C21H12Br2N2O.C14H6Br2O2.C7H6O2.C2H4O2.CH4/c22-12-3-7-15-16-8-4-13(23)10-18(16)20-19(17(15)9-12)24-21(25-20)11-1-5-14(26)6-2-11;15-7-1-3-9-10-4-2-8(16)6-12(10)14(18)13(17)11(9)5-7;8-5-6-1-3-7(9)4-2-6;1-2(3)4;/h1-10,26H,(H,24,25);1-6H;1-5,9H;1H3,(H,3,4);1H4. The molecule has 0 radical (unpaired) electrons.